The highest BCUT2D eigenvalue weighted by molar-refractivity contribution is 7.88. The minimum absolute atomic E-state index is 0.00813. The predicted molar refractivity (Wildman–Crippen MR) is 83.0 cm³/mol. The van der Waals surface area contributed by atoms with E-state index < -0.39 is 10.0 Å². The third-order valence-electron chi connectivity index (χ3n) is 3.61. The van der Waals surface area contributed by atoms with E-state index in [0.29, 0.717) is 25.2 Å². The average Bonchev–Trinajstić information content (AvgIpc) is 2.85. The van der Waals surface area contributed by atoms with Gasteiger partial charge in [-0.05, 0) is 26.2 Å². The molecule has 1 aliphatic heterocycles. The summed E-state index contributed by atoms with van der Waals surface area (Å²) in [5.41, 5.74) is 0.432. The zero-order valence-electron chi connectivity index (χ0n) is 12.3. The number of carbonyl (C=O) groups excluding carboxylic acids is 1. The Balaban J connectivity index is 1.85. The molecule has 1 aliphatic rings. The molecule has 0 bridgehead atoms. The Kier molecular flexibility index (Phi) is 5.34. The van der Waals surface area contributed by atoms with Gasteiger partial charge in [-0.3, -0.25) is 4.79 Å². The number of carbonyl (C=O) groups is 1. The first kappa shape index (κ1) is 16.4. The van der Waals surface area contributed by atoms with E-state index in [4.69, 9.17) is 0 Å². The van der Waals surface area contributed by atoms with Crippen LogP contribution < -0.4 is 5.32 Å². The van der Waals surface area contributed by atoms with Gasteiger partial charge >= 0.3 is 0 Å². The van der Waals surface area contributed by atoms with Crippen molar-refractivity contribution >= 4 is 27.3 Å². The first-order chi connectivity index (χ1) is 9.88. The first-order valence-electron chi connectivity index (χ1n) is 7.05. The fraction of sp³-hybridized carbons (Fsp3) is 0.692. The van der Waals surface area contributed by atoms with Crippen LogP contribution in [0.25, 0.3) is 0 Å². The van der Waals surface area contributed by atoms with Gasteiger partial charge in [0.25, 0.3) is 5.91 Å². The minimum Gasteiger partial charge on any atom is -0.351 e. The van der Waals surface area contributed by atoms with Crippen LogP contribution in [-0.4, -0.2) is 49.0 Å². The van der Waals surface area contributed by atoms with E-state index in [1.54, 1.807) is 9.69 Å². The second-order valence-corrected chi connectivity index (χ2v) is 8.32. The molecule has 1 aromatic rings. The van der Waals surface area contributed by atoms with Crippen LogP contribution in [0, 0.1) is 6.92 Å². The molecule has 6 nitrogen and oxygen atoms in total. The van der Waals surface area contributed by atoms with Gasteiger partial charge in [0.05, 0.1) is 11.3 Å². The lowest BCUT2D eigenvalue weighted by Gasteiger charge is -2.33. The molecule has 1 fully saturated rings. The van der Waals surface area contributed by atoms with Crippen molar-refractivity contribution < 1.29 is 13.2 Å². The van der Waals surface area contributed by atoms with Gasteiger partial charge in [0, 0.05) is 24.5 Å². The third kappa shape index (κ3) is 4.49. The van der Waals surface area contributed by atoms with E-state index in [1.165, 1.54) is 17.6 Å². The van der Waals surface area contributed by atoms with Crippen molar-refractivity contribution in [3.05, 3.63) is 16.1 Å². The summed E-state index contributed by atoms with van der Waals surface area (Å²) in [6.07, 6.45) is 4.70. The number of hydrogen-bond acceptors (Lipinski definition) is 5. The lowest BCUT2D eigenvalue weighted by Crippen LogP contribution is -2.44. The van der Waals surface area contributed by atoms with Gasteiger partial charge in [-0.15, -0.1) is 11.3 Å². The summed E-state index contributed by atoms with van der Waals surface area (Å²) in [7, 11) is -3.16. The largest absolute Gasteiger partial charge is 0.351 e. The van der Waals surface area contributed by atoms with E-state index in [0.717, 1.165) is 24.3 Å². The number of piperidine rings is 1. The highest BCUT2D eigenvalue weighted by atomic mass is 32.2. The Bertz CT molecular complexity index is 598. The van der Waals surface area contributed by atoms with Crippen molar-refractivity contribution in [3.8, 4) is 0 Å². The van der Waals surface area contributed by atoms with Crippen molar-refractivity contribution in [2.24, 2.45) is 0 Å². The van der Waals surface area contributed by atoms with Crippen LogP contribution in [0.4, 0.5) is 0 Å². The Morgan fingerprint density at radius 2 is 2.29 bits per heavy atom. The number of aryl methyl sites for hydroxylation is 1. The van der Waals surface area contributed by atoms with E-state index in [2.05, 4.69) is 10.3 Å². The Hall–Kier alpha value is -0.990. The lowest BCUT2D eigenvalue weighted by atomic mass is 10.0. The van der Waals surface area contributed by atoms with Crippen LogP contribution in [0.1, 0.15) is 41.2 Å². The summed E-state index contributed by atoms with van der Waals surface area (Å²) >= 11 is 1.44. The molecule has 1 atom stereocenters. The van der Waals surface area contributed by atoms with Crippen molar-refractivity contribution in [2.45, 2.75) is 38.6 Å². The topological polar surface area (TPSA) is 79.4 Å². The molecule has 0 saturated carbocycles. The smallest absolute Gasteiger partial charge is 0.270 e. The summed E-state index contributed by atoms with van der Waals surface area (Å²) in [5.74, 6) is -0.193. The van der Waals surface area contributed by atoms with Gasteiger partial charge in [-0.25, -0.2) is 13.4 Å². The quantitative estimate of drug-likeness (QED) is 0.884. The van der Waals surface area contributed by atoms with Crippen LogP contribution in [-0.2, 0) is 10.0 Å². The highest BCUT2D eigenvalue weighted by Crippen LogP contribution is 2.21. The molecule has 0 radical (unpaired) electrons. The summed E-state index contributed by atoms with van der Waals surface area (Å²) in [6.45, 7) is 2.91. The van der Waals surface area contributed by atoms with Gasteiger partial charge in [0.1, 0.15) is 5.69 Å². The average molecular weight is 331 g/mol. The van der Waals surface area contributed by atoms with Crippen LogP contribution in [0.3, 0.4) is 0 Å². The molecular weight excluding hydrogens is 310 g/mol. The fourth-order valence-corrected chi connectivity index (χ4v) is 4.42. The maximum Gasteiger partial charge on any atom is 0.270 e. The minimum atomic E-state index is -3.16. The third-order valence-corrected chi connectivity index (χ3v) is 5.72. The van der Waals surface area contributed by atoms with E-state index in [1.807, 2.05) is 6.92 Å². The first-order valence-corrected chi connectivity index (χ1v) is 9.78. The van der Waals surface area contributed by atoms with Crippen LogP contribution in [0.5, 0.6) is 0 Å². The van der Waals surface area contributed by atoms with E-state index in [-0.39, 0.29) is 11.9 Å². The molecular formula is C13H21N3O3S2. The van der Waals surface area contributed by atoms with Crippen molar-refractivity contribution in [1.29, 1.82) is 0 Å². The number of sulfonamides is 1. The van der Waals surface area contributed by atoms with Crippen LogP contribution in [0.15, 0.2) is 5.38 Å². The summed E-state index contributed by atoms with van der Waals surface area (Å²) in [5, 5.41) is 5.40. The molecule has 0 aliphatic carbocycles. The Morgan fingerprint density at radius 1 is 1.52 bits per heavy atom. The maximum atomic E-state index is 11.9. The van der Waals surface area contributed by atoms with Gasteiger partial charge < -0.3 is 5.32 Å². The van der Waals surface area contributed by atoms with Crippen LogP contribution >= 0.6 is 11.3 Å². The summed E-state index contributed by atoms with van der Waals surface area (Å²) < 4.78 is 25.1. The second-order valence-electron chi connectivity index (χ2n) is 5.32. The van der Waals surface area contributed by atoms with E-state index >= 15 is 0 Å². The molecule has 1 saturated heterocycles. The van der Waals surface area contributed by atoms with Gasteiger partial charge in [-0.2, -0.15) is 4.31 Å². The standard InChI is InChI=1S/C13H21N3O3S2/c1-10-15-12(9-20-10)13(17)14-7-6-11-5-3-4-8-16(11)21(2,18)19/h9,11H,3-8H2,1-2H3,(H,14,17). The molecule has 2 rings (SSSR count). The number of nitrogens with one attached hydrogen (secondary N) is 1. The number of hydrogen-bond donors (Lipinski definition) is 1. The molecule has 0 aromatic carbocycles. The Morgan fingerprint density at radius 3 is 2.90 bits per heavy atom. The van der Waals surface area contributed by atoms with E-state index in [9.17, 15) is 13.2 Å². The molecule has 1 amide bonds. The lowest BCUT2D eigenvalue weighted by molar-refractivity contribution is 0.0945. The predicted octanol–water partition coefficient (Wildman–Crippen LogP) is 1.39. The number of thiazole rings is 1. The Labute approximate surface area is 129 Å². The molecule has 1 unspecified atom stereocenters. The monoisotopic (exact) mass is 331 g/mol. The molecule has 2 heterocycles. The maximum absolute atomic E-state index is 11.9. The second kappa shape index (κ2) is 6.85. The fourth-order valence-electron chi connectivity index (χ4n) is 2.61. The molecule has 1 N–H and O–H groups in total. The summed E-state index contributed by atoms with van der Waals surface area (Å²) in [4.78, 5) is 16.0. The number of amides is 1. The molecule has 21 heavy (non-hydrogen) atoms. The van der Waals surface area contributed by atoms with Crippen molar-refractivity contribution in [1.82, 2.24) is 14.6 Å². The van der Waals surface area contributed by atoms with Gasteiger partial charge in [0.2, 0.25) is 10.0 Å². The molecule has 118 valence electrons. The molecule has 1 aromatic heterocycles. The SMILES string of the molecule is Cc1nc(C(=O)NCCC2CCCCN2S(C)(=O)=O)cs1. The number of rotatable bonds is 5. The zero-order valence-corrected chi connectivity index (χ0v) is 14.0. The zero-order chi connectivity index (χ0) is 15.5. The number of nitrogens with zero attached hydrogens (tertiary/aromatic N) is 2. The molecule has 0 spiro atoms. The number of aromatic nitrogens is 1. The normalized spacial score (nSPS) is 20.4. The van der Waals surface area contributed by atoms with Crippen molar-refractivity contribution in [3.63, 3.8) is 0 Å². The van der Waals surface area contributed by atoms with Crippen LogP contribution in [0.2, 0.25) is 0 Å². The highest BCUT2D eigenvalue weighted by Gasteiger charge is 2.28. The summed E-state index contributed by atoms with van der Waals surface area (Å²) in [6, 6.07) is -0.00813. The van der Waals surface area contributed by atoms with Gasteiger partial charge in [0.15, 0.2) is 0 Å². The van der Waals surface area contributed by atoms with Crippen molar-refractivity contribution in [2.75, 3.05) is 19.3 Å². The van der Waals surface area contributed by atoms with Gasteiger partial charge in [-0.1, -0.05) is 6.42 Å². The molecule has 8 heteroatoms.